The van der Waals surface area contributed by atoms with E-state index in [1.165, 1.54) is 7.11 Å². The van der Waals surface area contributed by atoms with E-state index < -0.39 is 17.6 Å². The van der Waals surface area contributed by atoms with Gasteiger partial charge in [-0.1, -0.05) is 11.6 Å². The summed E-state index contributed by atoms with van der Waals surface area (Å²) in [5, 5.41) is 0.00861. The lowest BCUT2D eigenvalue weighted by Gasteiger charge is -2.03. The first kappa shape index (κ1) is 10.9. The third-order valence-corrected chi connectivity index (χ3v) is 2.00. The molecule has 0 aromatic heterocycles. The minimum absolute atomic E-state index is 0.00861. The van der Waals surface area contributed by atoms with Gasteiger partial charge in [-0.25, -0.2) is 8.78 Å². The third kappa shape index (κ3) is 2.42. The first-order chi connectivity index (χ1) is 6.54. The largest absolute Gasteiger partial charge is 0.469 e. The number of halogens is 3. The lowest BCUT2D eigenvalue weighted by atomic mass is 10.1. The normalized spacial score (nSPS) is 10.0. The summed E-state index contributed by atoms with van der Waals surface area (Å²) in [7, 11) is 1.20. The second kappa shape index (κ2) is 4.37. The molecule has 0 aliphatic heterocycles. The minimum atomic E-state index is -1.04. The zero-order valence-electron chi connectivity index (χ0n) is 7.31. The average molecular weight is 221 g/mol. The number of carbonyl (C=O) groups is 1. The number of rotatable bonds is 2. The lowest BCUT2D eigenvalue weighted by Crippen LogP contribution is -2.05. The van der Waals surface area contributed by atoms with E-state index in [1.807, 2.05) is 0 Å². The maximum atomic E-state index is 12.7. The maximum absolute atomic E-state index is 12.7. The van der Waals surface area contributed by atoms with Crippen LogP contribution in [0.15, 0.2) is 12.1 Å². The molecule has 0 unspecified atom stereocenters. The summed E-state index contributed by atoms with van der Waals surface area (Å²) in [6.07, 6.45) is -0.174. The molecule has 0 saturated heterocycles. The predicted molar refractivity (Wildman–Crippen MR) is 47.1 cm³/mol. The van der Waals surface area contributed by atoms with E-state index in [0.29, 0.717) is 0 Å². The van der Waals surface area contributed by atoms with Crippen molar-refractivity contribution in [2.24, 2.45) is 0 Å². The van der Waals surface area contributed by atoms with Gasteiger partial charge in [-0.2, -0.15) is 0 Å². The molecule has 0 radical (unpaired) electrons. The summed E-state index contributed by atoms with van der Waals surface area (Å²) in [5.74, 6) is -2.63. The van der Waals surface area contributed by atoms with Crippen molar-refractivity contribution in [2.75, 3.05) is 7.11 Å². The fourth-order valence-electron chi connectivity index (χ4n) is 0.927. The van der Waals surface area contributed by atoms with Crippen molar-refractivity contribution in [3.63, 3.8) is 0 Å². The van der Waals surface area contributed by atoms with Crippen LogP contribution in [0.1, 0.15) is 5.56 Å². The number of carbonyl (C=O) groups excluding carboxylic acids is 1. The molecule has 5 heteroatoms. The Hall–Kier alpha value is -1.16. The Morgan fingerprint density at radius 2 is 2.00 bits per heavy atom. The van der Waals surface area contributed by atoms with Crippen LogP contribution in [0.2, 0.25) is 5.02 Å². The van der Waals surface area contributed by atoms with Gasteiger partial charge in [-0.05, 0) is 17.7 Å². The van der Waals surface area contributed by atoms with Gasteiger partial charge in [0.1, 0.15) is 0 Å². The smallest absolute Gasteiger partial charge is 0.310 e. The Morgan fingerprint density at radius 1 is 1.43 bits per heavy atom. The summed E-state index contributed by atoms with van der Waals surface area (Å²) >= 11 is 5.59. The fourth-order valence-corrected chi connectivity index (χ4v) is 1.14. The molecular weight excluding hydrogens is 214 g/mol. The van der Waals surface area contributed by atoms with E-state index in [1.54, 1.807) is 0 Å². The predicted octanol–water partition coefficient (Wildman–Crippen LogP) is 2.33. The van der Waals surface area contributed by atoms with Crippen LogP contribution in [0.4, 0.5) is 8.78 Å². The monoisotopic (exact) mass is 220 g/mol. The summed E-state index contributed by atoms with van der Waals surface area (Å²) < 4.78 is 29.7. The Kier molecular flexibility index (Phi) is 3.41. The summed E-state index contributed by atoms with van der Waals surface area (Å²) in [6, 6.07) is 1.71. The van der Waals surface area contributed by atoms with E-state index in [2.05, 4.69) is 4.74 Å². The molecule has 76 valence electrons. The Balaban J connectivity index is 2.98. The summed E-state index contributed by atoms with van der Waals surface area (Å²) in [6.45, 7) is 0. The molecule has 0 atom stereocenters. The molecule has 14 heavy (non-hydrogen) atoms. The maximum Gasteiger partial charge on any atom is 0.310 e. The molecule has 0 amide bonds. The number of esters is 1. The second-order valence-corrected chi connectivity index (χ2v) is 3.02. The third-order valence-electron chi connectivity index (χ3n) is 1.65. The zero-order valence-corrected chi connectivity index (χ0v) is 8.07. The van der Waals surface area contributed by atoms with Crippen LogP contribution < -0.4 is 0 Å². The SMILES string of the molecule is COC(=O)Cc1cc(F)c(F)cc1Cl. The van der Waals surface area contributed by atoms with Crippen molar-refractivity contribution in [3.8, 4) is 0 Å². The van der Waals surface area contributed by atoms with Crippen LogP contribution in [0.5, 0.6) is 0 Å². The van der Waals surface area contributed by atoms with Crippen molar-refractivity contribution >= 4 is 17.6 Å². The number of ether oxygens (including phenoxy) is 1. The Bertz CT molecular complexity index is 366. The van der Waals surface area contributed by atoms with Crippen molar-refractivity contribution in [1.29, 1.82) is 0 Å². The van der Waals surface area contributed by atoms with Gasteiger partial charge in [0.25, 0.3) is 0 Å². The highest BCUT2D eigenvalue weighted by atomic mass is 35.5. The second-order valence-electron chi connectivity index (χ2n) is 2.61. The van der Waals surface area contributed by atoms with E-state index in [4.69, 9.17) is 11.6 Å². The van der Waals surface area contributed by atoms with Gasteiger partial charge >= 0.3 is 5.97 Å². The van der Waals surface area contributed by atoms with Gasteiger partial charge in [0.2, 0.25) is 0 Å². The van der Waals surface area contributed by atoms with Gasteiger partial charge in [0.05, 0.1) is 13.5 Å². The Morgan fingerprint density at radius 3 is 2.57 bits per heavy atom. The molecule has 0 saturated carbocycles. The van der Waals surface area contributed by atoms with E-state index in [9.17, 15) is 13.6 Å². The highest BCUT2D eigenvalue weighted by Crippen LogP contribution is 2.20. The number of hydrogen-bond donors (Lipinski definition) is 0. The number of methoxy groups -OCH3 is 1. The van der Waals surface area contributed by atoms with Crippen molar-refractivity contribution < 1.29 is 18.3 Å². The highest BCUT2D eigenvalue weighted by molar-refractivity contribution is 6.31. The van der Waals surface area contributed by atoms with E-state index in [-0.39, 0.29) is 17.0 Å². The molecule has 1 aromatic carbocycles. The lowest BCUT2D eigenvalue weighted by molar-refractivity contribution is -0.139. The Labute approximate surface area is 84.4 Å². The van der Waals surface area contributed by atoms with Crippen LogP contribution in [-0.4, -0.2) is 13.1 Å². The molecule has 1 aromatic rings. The van der Waals surface area contributed by atoms with Gasteiger partial charge in [0.15, 0.2) is 11.6 Å². The molecule has 0 N–H and O–H groups in total. The van der Waals surface area contributed by atoms with Gasteiger partial charge in [-0.3, -0.25) is 4.79 Å². The van der Waals surface area contributed by atoms with Gasteiger partial charge in [-0.15, -0.1) is 0 Å². The van der Waals surface area contributed by atoms with E-state index in [0.717, 1.165) is 12.1 Å². The zero-order chi connectivity index (χ0) is 10.7. The van der Waals surface area contributed by atoms with Crippen LogP contribution >= 0.6 is 11.6 Å². The van der Waals surface area contributed by atoms with Gasteiger partial charge in [0, 0.05) is 5.02 Å². The van der Waals surface area contributed by atoms with Crippen molar-refractivity contribution in [2.45, 2.75) is 6.42 Å². The van der Waals surface area contributed by atoms with Crippen LogP contribution in [0.25, 0.3) is 0 Å². The summed E-state index contributed by atoms with van der Waals surface area (Å²) in [4.78, 5) is 10.8. The van der Waals surface area contributed by atoms with Gasteiger partial charge < -0.3 is 4.74 Å². The minimum Gasteiger partial charge on any atom is -0.469 e. The summed E-state index contributed by atoms with van der Waals surface area (Å²) in [5.41, 5.74) is 0.206. The molecular formula is C9H7ClF2O2. The molecule has 0 heterocycles. The average Bonchev–Trinajstić information content (AvgIpc) is 2.14. The quantitative estimate of drug-likeness (QED) is 0.565. The molecule has 2 nitrogen and oxygen atoms in total. The van der Waals surface area contributed by atoms with Crippen LogP contribution in [0.3, 0.4) is 0 Å². The fraction of sp³-hybridized carbons (Fsp3) is 0.222. The van der Waals surface area contributed by atoms with Crippen molar-refractivity contribution in [1.82, 2.24) is 0 Å². The molecule has 0 aliphatic rings. The number of hydrogen-bond acceptors (Lipinski definition) is 2. The first-order valence-electron chi connectivity index (χ1n) is 3.75. The molecule has 0 fully saturated rings. The molecule has 0 bridgehead atoms. The number of benzene rings is 1. The van der Waals surface area contributed by atoms with E-state index >= 15 is 0 Å². The molecule has 0 aliphatic carbocycles. The molecule has 0 spiro atoms. The van der Waals surface area contributed by atoms with Crippen molar-refractivity contribution in [3.05, 3.63) is 34.4 Å². The van der Waals surface area contributed by atoms with Crippen LogP contribution in [0, 0.1) is 11.6 Å². The standard InChI is InChI=1S/C9H7ClF2O2/c1-14-9(13)3-5-2-7(11)8(12)4-6(5)10/h2,4H,3H2,1H3. The highest BCUT2D eigenvalue weighted by Gasteiger charge is 2.11. The van der Waals surface area contributed by atoms with Crippen LogP contribution in [-0.2, 0) is 16.0 Å². The topological polar surface area (TPSA) is 26.3 Å². The first-order valence-corrected chi connectivity index (χ1v) is 4.12. The molecule has 1 rings (SSSR count).